The molecule has 0 saturated carbocycles. The minimum absolute atomic E-state index is 0.236. The van der Waals surface area contributed by atoms with Crippen LogP contribution in [0.25, 0.3) is 6.08 Å². The molecule has 0 saturated heterocycles. The van der Waals surface area contributed by atoms with Crippen LogP contribution in [0.15, 0.2) is 30.3 Å². The molecule has 0 atom stereocenters. The number of hydrogen-bond acceptors (Lipinski definition) is 1. The highest BCUT2D eigenvalue weighted by Gasteiger charge is 2.12. The largest absolute Gasteiger partial charge is 0.330 e. The quantitative estimate of drug-likeness (QED) is 0.801. The van der Waals surface area contributed by atoms with Gasteiger partial charge in [0.2, 0.25) is 0 Å². The Balaban J connectivity index is 2.73. The van der Waals surface area contributed by atoms with Gasteiger partial charge in [-0.2, -0.15) is 0 Å². The summed E-state index contributed by atoms with van der Waals surface area (Å²) >= 11 is 0. The summed E-state index contributed by atoms with van der Waals surface area (Å²) in [6, 6.07) is 8.71. The summed E-state index contributed by atoms with van der Waals surface area (Å²) in [6.07, 6.45) is 5.19. The van der Waals surface area contributed by atoms with E-state index in [-0.39, 0.29) is 5.41 Å². The lowest BCUT2D eigenvalue weighted by Crippen LogP contribution is -2.10. The van der Waals surface area contributed by atoms with Crippen LogP contribution in [0.5, 0.6) is 0 Å². The highest BCUT2D eigenvalue weighted by molar-refractivity contribution is 5.50. The van der Waals surface area contributed by atoms with Crippen molar-refractivity contribution in [2.75, 3.05) is 6.54 Å². The predicted octanol–water partition coefficient (Wildman–Crippen LogP) is 3.35. The average Bonchev–Trinajstić information content (AvgIpc) is 2.18. The Morgan fingerprint density at radius 2 is 1.73 bits per heavy atom. The normalized spacial score (nSPS) is 12.3. The zero-order valence-electron chi connectivity index (χ0n) is 9.96. The fourth-order valence-electron chi connectivity index (χ4n) is 1.41. The van der Waals surface area contributed by atoms with Crippen LogP contribution >= 0.6 is 0 Å². The van der Waals surface area contributed by atoms with Gasteiger partial charge in [0.05, 0.1) is 0 Å². The third-order valence-corrected chi connectivity index (χ3v) is 2.42. The molecule has 0 aliphatic rings. The molecule has 0 heterocycles. The van der Waals surface area contributed by atoms with Crippen molar-refractivity contribution in [1.82, 2.24) is 0 Å². The van der Waals surface area contributed by atoms with Gasteiger partial charge in [-0.3, -0.25) is 0 Å². The first-order valence-corrected chi connectivity index (χ1v) is 5.51. The van der Waals surface area contributed by atoms with Crippen molar-refractivity contribution >= 4 is 6.08 Å². The standard InChI is InChI=1S/C14H21N/c1-14(2,3)13-9-7-12(8-10-13)6-4-5-11-15/h4,6-10H,5,11,15H2,1-3H3. The molecule has 0 amide bonds. The van der Waals surface area contributed by atoms with E-state index in [4.69, 9.17) is 5.73 Å². The van der Waals surface area contributed by atoms with Gasteiger partial charge in [0.15, 0.2) is 0 Å². The molecule has 2 N–H and O–H groups in total. The number of nitrogens with two attached hydrogens (primary N) is 1. The predicted molar refractivity (Wildman–Crippen MR) is 67.8 cm³/mol. The monoisotopic (exact) mass is 203 g/mol. The summed E-state index contributed by atoms with van der Waals surface area (Å²) in [7, 11) is 0. The van der Waals surface area contributed by atoms with E-state index in [1.807, 2.05) is 0 Å². The first-order chi connectivity index (χ1) is 7.04. The van der Waals surface area contributed by atoms with Crippen LogP contribution in [0.4, 0.5) is 0 Å². The highest BCUT2D eigenvalue weighted by atomic mass is 14.5. The number of benzene rings is 1. The molecule has 1 aromatic rings. The van der Waals surface area contributed by atoms with E-state index in [1.165, 1.54) is 11.1 Å². The Morgan fingerprint density at radius 1 is 1.13 bits per heavy atom. The van der Waals surface area contributed by atoms with E-state index in [2.05, 4.69) is 57.2 Å². The molecular weight excluding hydrogens is 182 g/mol. The molecule has 0 aliphatic heterocycles. The lowest BCUT2D eigenvalue weighted by molar-refractivity contribution is 0.590. The molecule has 0 radical (unpaired) electrons. The van der Waals surface area contributed by atoms with Crippen molar-refractivity contribution in [1.29, 1.82) is 0 Å². The molecule has 1 nitrogen and oxygen atoms in total. The van der Waals surface area contributed by atoms with E-state index < -0.39 is 0 Å². The zero-order chi connectivity index (χ0) is 11.3. The van der Waals surface area contributed by atoms with Gasteiger partial charge in [-0.25, -0.2) is 0 Å². The van der Waals surface area contributed by atoms with Crippen molar-refractivity contribution in [3.8, 4) is 0 Å². The molecule has 0 aliphatic carbocycles. The molecular formula is C14H21N. The minimum atomic E-state index is 0.236. The summed E-state index contributed by atoms with van der Waals surface area (Å²) in [5.74, 6) is 0. The van der Waals surface area contributed by atoms with E-state index in [0.29, 0.717) is 0 Å². The second kappa shape index (κ2) is 5.13. The highest BCUT2D eigenvalue weighted by Crippen LogP contribution is 2.22. The summed E-state index contributed by atoms with van der Waals surface area (Å²) in [4.78, 5) is 0. The van der Waals surface area contributed by atoms with E-state index in [1.54, 1.807) is 0 Å². The number of rotatable bonds is 3. The van der Waals surface area contributed by atoms with Gasteiger partial charge < -0.3 is 5.73 Å². The smallest absolute Gasteiger partial charge is 0.00425 e. The minimum Gasteiger partial charge on any atom is -0.330 e. The lowest BCUT2D eigenvalue weighted by Gasteiger charge is -2.18. The fourth-order valence-corrected chi connectivity index (χ4v) is 1.41. The van der Waals surface area contributed by atoms with Crippen molar-refractivity contribution in [2.24, 2.45) is 5.73 Å². The summed E-state index contributed by atoms with van der Waals surface area (Å²) < 4.78 is 0. The average molecular weight is 203 g/mol. The van der Waals surface area contributed by atoms with Crippen LogP contribution in [-0.2, 0) is 5.41 Å². The van der Waals surface area contributed by atoms with Crippen LogP contribution < -0.4 is 5.73 Å². The molecule has 1 rings (SSSR count). The lowest BCUT2D eigenvalue weighted by atomic mass is 9.87. The Morgan fingerprint density at radius 3 is 2.20 bits per heavy atom. The van der Waals surface area contributed by atoms with Crippen molar-refractivity contribution in [3.63, 3.8) is 0 Å². The van der Waals surface area contributed by atoms with Gasteiger partial charge in [0, 0.05) is 0 Å². The molecule has 15 heavy (non-hydrogen) atoms. The second-order valence-corrected chi connectivity index (χ2v) is 4.85. The van der Waals surface area contributed by atoms with Crippen molar-refractivity contribution in [3.05, 3.63) is 41.5 Å². The van der Waals surface area contributed by atoms with Crippen LogP contribution in [0.2, 0.25) is 0 Å². The van der Waals surface area contributed by atoms with Crippen LogP contribution in [0, 0.1) is 0 Å². The van der Waals surface area contributed by atoms with E-state index in [9.17, 15) is 0 Å². The zero-order valence-corrected chi connectivity index (χ0v) is 9.96. The van der Waals surface area contributed by atoms with Gasteiger partial charge >= 0.3 is 0 Å². The maximum atomic E-state index is 5.42. The molecule has 0 aromatic heterocycles. The SMILES string of the molecule is CC(C)(C)c1ccc(C=CCCN)cc1. The van der Waals surface area contributed by atoms with Gasteiger partial charge in [0.25, 0.3) is 0 Å². The molecule has 1 aromatic carbocycles. The molecule has 82 valence electrons. The third kappa shape index (κ3) is 3.88. The van der Waals surface area contributed by atoms with E-state index in [0.717, 1.165) is 13.0 Å². The van der Waals surface area contributed by atoms with Crippen LogP contribution in [-0.4, -0.2) is 6.54 Å². The Hall–Kier alpha value is -1.08. The van der Waals surface area contributed by atoms with E-state index >= 15 is 0 Å². The maximum Gasteiger partial charge on any atom is -0.00425 e. The fraction of sp³-hybridized carbons (Fsp3) is 0.429. The Kier molecular flexibility index (Phi) is 4.10. The maximum absolute atomic E-state index is 5.42. The molecule has 0 bridgehead atoms. The summed E-state index contributed by atoms with van der Waals surface area (Å²) in [5.41, 5.74) is 8.28. The van der Waals surface area contributed by atoms with Crippen LogP contribution in [0.3, 0.4) is 0 Å². The first-order valence-electron chi connectivity index (χ1n) is 5.51. The third-order valence-electron chi connectivity index (χ3n) is 2.42. The molecule has 0 spiro atoms. The molecule has 0 unspecified atom stereocenters. The second-order valence-electron chi connectivity index (χ2n) is 4.85. The Bertz CT molecular complexity index is 314. The van der Waals surface area contributed by atoms with Crippen molar-refractivity contribution < 1.29 is 0 Å². The Labute approximate surface area is 93.0 Å². The topological polar surface area (TPSA) is 26.0 Å². The van der Waals surface area contributed by atoms with Crippen molar-refractivity contribution in [2.45, 2.75) is 32.6 Å². The van der Waals surface area contributed by atoms with Gasteiger partial charge in [-0.15, -0.1) is 0 Å². The van der Waals surface area contributed by atoms with Crippen LogP contribution in [0.1, 0.15) is 38.3 Å². The summed E-state index contributed by atoms with van der Waals surface area (Å²) in [6.45, 7) is 7.40. The van der Waals surface area contributed by atoms with Gasteiger partial charge in [0.1, 0.15) is 0 Å². The molecule has 0 fully saturated rings. The first kappa shape index (κ1) is 12.0. The number of hydrogen-bond donors (Lipinski definition) is 1. The van der Waals surface area contributed by atoms with Gasteiger partial charge in [-0.1, -0.05) is 57.2 Å². The summed E-state index contributed by atoms with van der Waals surface area (Å²) in [5, 5.41) is 0. The van der Waals surface area contributed by atoms with Gasteiger partial charge in [-0.05, 0) is 29.5 Å². The molecule has 1 heteroatoms.